The molecule has 5 aliphatic rings. The number of aromatic nitrogens is 3. The quantitative estimate of drug-likeness (QED) is 0.256. The van der Waals surface area contributed by atoms with Crippen molar-refractivity contribution >= 4 is 22.7 Å². The molecule has 0 aromatic carbocycles. The van der Waals surface area contributed by atoms with Gasteiger partial charge in [0.05, 0.1) is 35.4 Å². The zero-order chi connectivity index (χ0) is 35.4. The first-order valence-electron chi connectivity index (χ1n) is 18.6. The molecule has 8 rings (SSSR count). The largest absolute Gasteiger partial charge is 0.476 e. The number of ether oxygens (including phenoxy) is 1. The molecule has 3 aromatic rings. The third kappa shape index (κ3) is 5.78. The third-order valence-electron chi connectivity index (χ3n) is 12.6. The number of anilines is 1. The fourth-order valence-corrected chi connectivity index (χ4v) is 11.0. The molecule has 268 valence electrons. The minimum Gasteiger partial charge on any atom is -0.476 e. The first-order valence-corrected chi connectivity index (χ1v) is 19.4. The number of likely N-dealkylation sites (N-methyl/N-ethyl adjacent to an activating group) is 1. The highest BCUT2D eigenvalue weighted by Crippen LogP contribution is 2.50. The maximum atomic E-state index is 12.2. The van der Waals surface area contributed by atoms with Gasteiger partial charge in [-0.15, -0.1) is 11.3 Å². The van der Waals surface area contributed by atoms with Crippen LogP contribution in [0.1, 0.15) is 122 Å². The molecule has 1 spiro atoms. The molecule has 12 nitrogen and oxygen atoms in total. The lowest BCUT2D eigenvalue weighted by atomic mass is 9.70. The van der Waals surface area contributed by atoms with Crippen LogP contribution in [0.25, 0.3) is 11.5 Å². The summed E-state index contributed by atoms with van der Waals surface area (Å²) in [6, 6.07) is 7.29. The molecule has 13 heteroatoms. The third-order valence-corrected chi connectivity index (χ3v) is 13.7. The van der Waals surface area contributed by atoms with Crippen LogP contribution in [0.2, 0.25) is 0 Å². The molecule has 2 aliphatic heterocycles. The van der Waals surface area contributed by atoms with E-state index in [1.165, 1.54) is 17.8 Å². The fourth-order valence-electron chi connectivity index (χ4n) is 9.85. The Balaban J connectivity index is 1.15. The number of nitrogens with two attached hydrogens (primary N) is 1. The number of amides is 1. The molecule has 4 fully saturated rings. The average Bonchev–Trinajstić information content (AvgIpc) is 3.56. The van der Waals surface area contributed by atoms with E-state index in [-0.39, 0.29) is 24.3 Å². The number of aliphatic hydroxyl groups is 1. The van der Waals surface area contributed by atoms with Crippen molar-refractivity contribution in [2.75, 3.05) is 19.4 Å². The van der Waals surface area contributed by atoms with E-state index in [4.69, 9.17) is 25.0 Å². The lowest BCUT2D eigenvalue weighted by molar-refractivity contribution is -0.162. The number of aliphatic hydroxyl groups excluding tert-OH is 1. The Bertz CT molecular complexity index is 1900. The van der Waals surface area contributed by atoms with Gasteiger partial charge in [0.15, 0.2) is 11.5 Å². The number of fused-ring (bicyclic) bond motifs is 2. The van der Waals surface area contributed by atoms with E-state index in [2.05, 4.69) is 36.2 Å². The molecular weight excluding hydrogens is 665 g/mol. The predicted molar refractivity (Wildman–Crippen MR) is 190 cm³/mol. The van der Waals surface area contributed by atoms with Crippen molar-refractivity contribution in [1.82, 2.24) is 24.9 Å². The zero-order valence-corrected chi connectivity index (χ0v) is 30.2. The number of nitrogens with zero attached hydrogens (tertiary/aromatic N) is 7. The van der Waals surface area contributed by atoms with Gasteiger partial charge in [0, 0.05) is 46.5 Å². The minimum atomic E-state index is -0.756. The van der Waals surface area contributed by atoms with Crippen LogP contribution >= 0.6 is 11.3 Å². The van der Waals surface area contributed by atoms with E-state index < -0.39 is 11.6 Å². The Labute approximate surface area is 302 Å². The van der Waals surface area contributed by atoms with Crippen LogP contribution in [0, 0.1) is 28.6 Å². The molecule has 2 saturated carbocycles. The molecule has 3 N–H and O–H groups in total. The number of nitrogen functional groups attached to an aromatic ring is 1. The summed E-state index contributed by atoms with van der Waals surface area (Å²) in [6.07, 6.45) is 10.3. The summed E-state index contributed by atoms with van der Waals surface area (Å²) < 4.78 is 12.7. The number of carbonyl (C=O) groups excluding carboxylic acids is 1. The summed E-state index contributed by atoms with van der Waals surface area (Å²) in [6.45, 7) is 2.65. The number of nitriles is 2. The Kier molecular flexibility index (Phi) is 9.02. The second-order valence-electron chi connectivity index (χ2n) is 15.4. The molecule has 3 aliphatic carbocycles. The Morgan fingerprint density at radius 1 is 1.22 bits per heavy atom. The van der Waals surface area contributed by atoms with Gasteiger partial charge in [-0.2, -0.15) is 15.5 Å². The molecule has 0 bridgehead atoms. The number of rotatable bonds is 10. The van der Waals surface area contributed by atoms with Crippen molar-refractivity contribution < 1.29 is 19.2 Å². The van der Waals surface area contributed by atoms with Gasteiger partial charge in [-0.05, 0) is 82.7 Å². The number of likely N-dealkylation sites (tertiary alicyclic amines) is 2. The fraction of sp³-hybridized carbons (Fsp3) is 0.632. The second kappa shape index (κ2) is 13.5. The summed E-state index contributed by atoms with van der Waals surface area (Å²) in [7, 11) is 2.18. The lowest BCUT2D eigenvalue weighted by Crippen LogP contribution is -2.70. The van der Waals surface area contributed by atoms with Crippen LogP contribution < -0.4 is 10.5 Å². The van der Waals surface area contributed by atoms with Gasteiger partial charge in [-0.25, -0.2) is 4.98 Å². The maximum Gasteiger partial charge on any atom is 0.217 e. The number of carbonyl (C=O) groups is 1. The SMILES string of the molecule is CCCc1c(-c2nc(OCC3CC4CC4N3C)cc(C3CCCC4(CC(CC#N)N4C=O)C(O)C3)n2)noc1C1CCCc2sc(N)c(C#N)c21. The maximum absolute atomic E-state index is 12.2. The van der Waals surface area contributed by atoms with Crippen LogP contribution in [-0.2, 0) is 17.6 Å². The molecule has 3 aromatic heterocycles. The van der Waals surface area contributed by atoms with Gasteiger partial charge < -0.3 is 25.0 Å². The summed E-state index contributed by atoms with van der Waals surface area (Å²) in [4.78, 5) is 27.5. The lowest BCUT2D eigenvalue weighted by Gasteiger charge is -2.58. The van der Waals surface area contributed by atoms with Crippen molar-refractivity contribution in [1.29, 1.82) is 10.5 Å². The highest BCUT2D eigenvalue weighted by atomic mass is 32.1. The van der Waals surface area contributed by atoms with Gasteiger partial charge in [-0.1, -0.05) is 24.9 Å². The normalized spacial score (nSPS) is 31.2. The van der Waals surface area contributed by atoms with Crippen LogP contribution in [-0.4, -0.2) is 79.9 Å². The number of aryl methyl sites for hydroxylation is 1. The summed E-state index contributed by atoms with van der Waals surface area (Å²) >= 11 is 1.50. The molecule has 1 amide bonds. The Morgan fingerprint density at radius 2 is 2.08 bits per heavy atom. The van der Waals surface area contributed by atoms with E-state index in [0.717, 1.165) is 84.7 Å². The molecular formula is C38H46N8O4S. The molecule has 2 saturated heterocycles. The van der Waals surface area contributed by atoms with Crippen LogP contribution in [0.3, 0.4) is 0 Å². The molecule has 0 radical (unpaired) electrons. The topological polar surface area (TPSA) is 178 Å². The van der Waals surface area contributed by atoms with Gasteiger partial charge in [0.25, 0.3) is 0 Å². The molecule has 5 heterocycles. The van der Waals surface area contributed by atoms with Gasteiger partial charge in [-0.3, -0.25) is 9.69 Å². The summed E-state index contributed by atoms with van der Waals surface area (Å²) in [5.41, 5.74) is 9.50. The predicted octanol–water partition coefficient (Wildman–Crippen LogP) is 5.44. The highest BCUT2D eigenvalue weighted by molar-refractivity contribution is 7.16. The van der Waals surface area contributed by atoms with E-state index in [1.807, 2.05) is 6.07 Å². The van der Waals surface area contributed by atoms with E-state index in [1.54, 1.807) is 4.90 Å². The number of hydrogen-bond donors (Lipinski definition) is 2. The number of hydrogen-bond acceptors (Lipinski definition) is 12. The highest BCUT2D eigenvalue weighted by Gasteiger charge is 2.56. The van der Waals surface area contributed by atoms with Crippen LogP contribution in [0.15, 0.2) is 10.6 Å². The van der Waals surface area contributed by atoms with E-state index in [0.29, 0.717) is 72.3 Å². The monoisotopic (exact) mass is 710 g/mol. The molecule has 8 unspecified atom stereocenters. The molecule has 51 heavy (non-hydrogen) atoms. The smallest absolute Gasteiger partial charge is 0.217 e. The Hall–Kier alpha value is -4.04. The zero-order valence-electron chi connectivity index (χ0n) is 29.4. The number of thiophene rings is 1. The van der Waals surface area contributed by atoms with E-state index >= 15 is 0 Å². The second-order valence-corrected chi connectivity index (χ2v) is 16.6. The standard InChI is InChI=1S/C38H46N8O4S/c1-3-6-26-34(44-50-35(26)25-8-4-9-30-33(25)27(18-40)36(41)51-30)37-42-28(16-32(43-37)49-19-24-13-22-14-29(22)45(24)2)21-7-5-11-38(31(48)15-21)17-23(10-12-39)46(38)20-47/h16,20-25,29,31,48H,3-11,13-15,17,19,41H2,1-2H3. The first kappa shape index (κ1) is 34.1. The Morgan fingerprint density at radius 3 is 2.82 bits per heavy atom. The first-order chi connectivity index (χ1) is 24.8. The van der Waals surface area contributed by atoms with Crippen molar-refractivity contribution in [3.63, 3.8) is 0 Å². The van der Waals surface area contributed by atoms with Gasteiger partial charge in [0.1, 0.15) is 23.4 Å². The average molecular weight is 711 g/mol. The van der Waals surface area contributed by atoms with Crippen molar-refractivity contribution in [3.8, 4) is 29.5 Å². The number of piperidine rings is 1. The summed E-state index contributed by atoms with van der Waals surface area (Å²) in [5.74, 6) is 2.21. The minimum absolute atomic E-state index is 0.0948. The van der Waals surface area contributed by atoms with Crippen molar-refractivity contribution in [2.45, 2.75) is 132 Å². The van der Waals surface area contributed by atoms with Gasteiger partial charge >= 0.3 is 0 Å². The van der Waals surface area contributed by atoms with Crippen molar-refractivity contribution in [3.05, 3.63) is 39.1 Å². The van der Waals surface area contributed by atoms with Crippen LogP contribution in [0.4, 0.5) is 5.00 Å². The van der Waals surface area contributed by atoms with Crippen LogP contribution in [0.5, 0.6) is 5.88 Å². The van der Waals surface area contributed by atoms with Crippen molar-refractivity contribution in [2.24, 2.45) is 5.92 Å². The summed E-state index contributed by atoms with van der Waals surface area (Å²) in [5, 5.41) is 36.2. The van der Waals surface area contributed by atoms with Gasteiger partial charge in [0.2, 0.25) is 12.3 Å². The van der Waals surface area contributed by atoms with E-state index in [9.17, 15) is 20.4 Å². The molecule has 8 atom stereocenters.